The first-order valence-corrected chi connectivity index (χ1v) is 6.58. The van der Waals surface area contributed by atoms with Crippen LogP contribution < -0.4 is 5.32 Å². The average Bonchev–Trinajstić information content (AvgIpc) is 2.62. The molecule has 0 fully saturated rings. The van der Waals surface area contributed by atoms with Crippen LogP contribution in [0, 0.1) is 0 Å². The van der Waals surface area contributed by atoms with Crippen molar-refractivity contribution in [3.8, 4) is 0 Å². The van der Waals surface area contributed by atoms with Gasteiger partial charge in [0.1, 0.15) is 10.0 Å². The molecular weight excluding hydrogens is 206 g/mol. The molecule has 0 aromatic carbocycles. The zero-order chi connectivity index (χ0) is 11.1. The van der Waals surface area contributed by atoms with Gasteiger partial charge in [0.25, 0.3) is 0 Å². The van der Waals surface area contributed by atoms with Gasteiger partial charge in [-0.05, 0) is 6.42 Å². The lowest BCUT2D eigenvalue weighted by atomic mass is 10.3. The van der Waals surface area contributed by atoms with E-state index in [0.717, 1.165) is 24.4 Å². The number of unbranched alkanes of at least 4 members (excludes halogenated alkanes) is 1. The van der Waals surface area contributed by atoms with Crippen LogP contribution in [-0.2, 0) is 12.8 Å². The molecule has 0 saturated heterocycles. The highest BCUT2D eigenvalue weighted by Gasteiger charge is 2.03. The molecule has 0 aliphatic heterocycles. The molecule has 1 rings (SSSR count). The van der Waals surface area contributed by atoms with E-state index in [-0.39, 0.29) is 0 Å². The minimum absolute atomic E-state index is 0.553. The number of hydrogen-bond acceptors (Lipinski definition) is 4. The fourth-order valence-corrected chi connectivity index (χ4v) is 2.17. The van der Waals surface area contributed by atoms with Gasteiger partial charge in [-0.3, -0.25) is 0 Å². The first kappa shape index (κ1) is 12.6. The van der Waals surface area contributed by atoms with Gasteiger partial charge in [0.15, 0.2) is 0 Å². The monoisotopic (exact) mass is 227 g/mol. The average molecular weight is 227 g/mol. The number of nitrogens with one attached hydrogen (secondary N) is 1. The fourth-order valence-electron chi connectivity index (χ4n) is 1.29. The molecule has 3 nitrogen and oxygen atoms in total. The molecule has 15 heavy (non-hydrogen) atoms. The topological polar surface area (TPSA) is 37.8 Å². The summed E-state index contributed by atoms with van der Waals surface area (Å²) in [7, 11) is 0. The second-order valence-corrected chi connectivity index (χ2v) is 5.20. The minimum Gasteiger partial charge on any atom is -0.314 e. The zero-order valence-electron chi connectivity index (χ0n) is 9.92. The van der Waals surface area contributed by atoms with E-state index < -0.39 is 0 Å². The molecule has 0 atom stereocenters. The van der Waals surface area contributed by atoms with Gasteiger partial charge in [-0.2, -0.15) is 0 Å². The third-order valence-electron chi connectivity index (χ3n) is 2.14. The maximum absolute atomic E-state index is 4.19. The third kappa shape index (κ3) is 5.23. The highest BCUT2D eigenvalue weighted by molar-refractivity contribution is 7.11. The molecule has 0 aliphatic rings. The summed E-state index contributed by atoms with van der Waals surface area (Å²) in [5.41, 5.74) is 0. The van der Waals surface area contributed by atoms with Gasteiger partial charge in [-0.25, -0.2) is 0 Å². The Hall–Kier alpha value is -0.480. The molecule has 86 valence electrons. The predicted octanol–water partition coefficient (Wildman–Crippen LogP) is 2.42. The van der Waals surface area contributed by atoms with Crippen LogP contribution in [0.25, 0.3) is 0 Å². The smallest absolute Gasteiger partial charge is 0.118 e. The lowest BCUT2D eigenvalue weighted by Crippen LogP contribution is -2.24. The summed E-state index contributed by atoms with van der Waals surface area (Å²) in [4.78, 5) is 0. The SMILES string of the molecule is CCCCc1nnc(CCNC(C)C)s1. The molecule has 0 saturated carbocycles. The summed E-state index contributed by atoms with van der Waals surface area (Å²) in [5.74, 6) is 0. The summed E-state index contributed by atoms with van der Waals surface area (Å²) < 4.78 is 0. The van der Waals surface area contributed by atoms with Crippen molar-refractivity contribution in [1.82, 2.24) is 15.5 Å². The summed E-state index contributed by atoms with van der Waals surface area (Å²) in [5, 5.41) is 14.1. The summed E-state index contributed by atoms with van der Waals surface area (Å²) in [6.07, 6.45) is 4.54. The normalized spacial score (nSPS) is 11.2. The quantitative estimate of drug-likeness (QED) is 0.777. The first-order valence-electron chi connectivity index (χ1n) is 5.77. The molecule has 1 heterocycles. The highest BCUT2D eigenvalue weighted by atomic mass is 32.1. The van der Waals surface area contributed by atoms with E-state index in [4.69, 9.17) is 0 Å². The van der Waals surface area contributed by atoms with E-state index in [9.17, 15) is 0 Å². The Morgan fingerprint density at radius 1 is 1.20 bits per heavy atom. The van der Waals surface area contributed by atoms with Gasteiger partial charge in [-0.1, -0.05) is 27.2 Å². The van der Waals surface area contributed by atoms with E-state index in [1.54, 1.807) is 11.3 Å². The summed E-state index contributed by atoms with van der Waals surface area (Å²) in [6.45, 7) is 7.52. The zero-order valence-corrected chi connectivity index (χ0v) is 10.7. The maximum atomic E-state index is 4.19. The van der Waals surface area contributed by atoms with E-state index in [2.05, 4.69) is 36.3 Å². The molecule has 0 unspecified atom stereocenters. The van der Waals surface area contributed by atoms with Gasteiger partial charge in [-0.15, -0.1) is 21.5 Å². The molecule has 1 aromatic rings. The lowest BCUT2D eigenvalue weighted by Gasteiger charge is -2.04. The van der Waals surface area contributed by atoms with Crippen molar-refractivity contribution in [3.05, 3.63) is 10.0 Å². The van der Waals surface area contributed by atoms with Crippen LogP contribution >= 0.6 is 11.3 Å². The van der Waals surface area contributed by atoms with Crippen molar-refractivity contribution in [2.45, 2.75) is 52.5 Å². The molecule has 1 aromatic heterocycles. The second-order valence-electron chi connectivity index (χ2n) is 4.05. The number of aromatic nitrogens is 2. The first-order chi connectivity index (χ1) is 7.22. The Labute approximate surface area is 96.3 Å². The van der Waals surface area contributed by atoms with E-state index >= 15 is 0 Å². The standard InChI is InChI=1S/C11H21N3S/c1-4-5-6-10-13-14-11(15-10)7-8-12-9(2)3/h9,12H,4-8H2,1-3H3. The van der Waals surface area contributed by atoms with E-state index in [1.165, 1.54) is 17.8 Å². The predicted molar refractivity (Wildman–Crippen MR) is 65.4 cm³/mol. The van der Waals surface area contributed by atoms with Gasteiger partial charge < -0.3 is 5.32 Å². The van der Waals surface area contributed by atoms with Crippen molar-refractivity contribution in [3.63, 3.8) is 0 Å². The van der Waals surface area contributed by atoms with Crippen LogP contribution in [0.5, 0.6) is 0 Å². The highest BCUT2D eigenvalue weighted by Crippen LogP contribution is 2.12. The maximum Gasteiger partial charge on any atom is 0.118 e. The van der Waals surface area contributed by atoms with Gasteiger partial charge in [0, 0.05) is 25.4 Å². The molecule has 0 spiro atoms. The minimum atomic E-state index is 0.553. The van der Waals surface area contributed by atoms with Crippen molar-refractivity contribution in [2.75, 3.05) is 6.54 Å². The molecule has 0 amide bonds. The Balaban J connectivity index is 2.26. The molecule has 0 aliphatic carbocycles. The fraction of sp³-hybridized carbons (Fsp3) is 0.818. The van der Waals surface area contributed by atoms with Gasteiger partial charge in [0.05, 0.1) is 0 Å². The Morgan fingerprint density at radius 3 is 2.47 bits per heavy atom. The van der Waals surface area contributed by atoms with Crippen LogP contribution in [0.1, 0.15) is 43.6 Å². The van der Waals surface area contributed by atoms with Crippen LogP contribution in [0.15, 0.2) is 0 Å². The Morgan fingerprint density at radius 2 is 1.87 bits per heavy atom. The number of nitrogens with zero attached hydrogens (tertiary/aromatic N) is 2. The van der Waals surface area contributed by atoms with Crippen molar-refractivity contribution in [1.29, 1.82) is 0 Å². The van der Waals surface area contributed by atoms with E-state index in [0.29, 0.717) is 6.04 Å². The number of aryl methyl sites for hydroxylation is 1. The van der Waals surface area contributed by atoms with Crippen molar-refractivity contribution >= 4 is 11.3 Å². The lowest BCUT2D eigenvalue weighted by molar-refractivity contribution is 0.588. The summed E-state index contributed by atoms with van der Waals surface area (Å²) in [6, 6.07) is 0.553. The third-order valence-corrected chi connectivity index (χ3v) is 3.19. The Bertz CT molecular complexity index is 271. The van der Waals surface area contributed by atoms with E-state index in [1.807, 2.05) is 0 Å². The van der Waals surface area contributed by atoms with Gasteiger partial charge in [0.2, 0.25) is 0 Å². The number of hydrogen-bond donors (Lipinski definition) is 1. The second kappa shape index (κ2) is 6.90. The molecule has 1 N–H and O–H groups in total. The van der Waals surface area contributed by atoms with Crippen molar-refractivity contribution in [2.24, 2.45) is 0 Å². The van der Waals surface area contributed by atoms with Crippen LogP contribution in [-0.4, -0.2) is 22.8 Å². The number of rotatable bonds is 7. The van der Waals surface area contributed by atoms with Crippen LogP contribution in [0.3, 0.4) is 0 Å². The molecule has 4 heteroatoms. The molecule has 0 radical (unpaired) electrons. The summed E-state index contributed by atoms with van der Waals surface area (Å²) >= 11 is 1.76. The molecule has 0 bridgehead atoms. The molecular formula is C11H21N3S. The van der Waals surface area contributed by atoms with Crippen LogP contribution in [0.2, 0.25) is 0 Å². The van der Waals surface area contributed by atoms with Gasteiger partial charge >= 0.3 is 0 Å². The largest absolute Gasteiger partial charge is 0.314 e. The van der Waals surface area contributed by atoms with Crippen LogP contribution in [0.4, 0.5) is 0 Å². The van der Waals surface area contributed by atoms with Crippen molar-refractivity contribution < 1.29 is 0 Å². The Kier molecular flexibility index (Phi) is 5.79.